The van der Waals surface area contributed by atoms with Gasteiger partial charge in [-0.1, -0.05) is 64.1 Å². The second-order valence-corrected chi connectivity index (χ2v) is 12.6. The Morgan fingerprint density at radius 1 is 1.03 bits per heavy atom. The van der Waals surface area contributed by atoms with Crippen LogP contribution < -0.4 is 4.74 Å². The Labute approximate surface area is 218 Å². The van der Waals surface area contributed by atoms with Crippen LogP contribution >= 0.6 is 0 Å². The molecule has 2 saturated carbocycles. The van der Waals surface area contributed by atoms with Gasteiger partial charge in [0.05, 0.1) is 12.4 Å². The zero-order chi connectivity index (χ0) is 25.9. The monoisotopic (exact) mass is 512 g/mol. The Kier molecular flexibility index (Phi) is 8.51. The van der Waals surface area contributed by atoms with Crippen LogP contribution in [0.3, 0.4) is 0 Å². The van der Waals surface area contributed by atoms with Crippen LogP contribution in [0.25, 0.3) is 0 Å². The van der Waals surface area contributed by atoms with E-state index in [1.54, 1.807) is 0 Å². The maximum absolute atomic E-state index is 11.9. The molecule has 2 aromatic carbocycles. The smallest absolute Gasteiger partial charge is 0.264 e. The molecule has 3 aliphatic rings. The third kappa shape index (κ3) is 5.67. The molecule has 5 heteroatoms. The van der Waals surface area contributed by atoms with Crippen molar-refractivity contribution in [3.05, 3.63) is 64.7 Å². The molecule has 0 bridgehead atoms. The van der Waals surface area contributed by atoms with Crippen LogP contribution in [0.2, 0.25) is 0 Å². The maximum atomic E-state index is 11.9. The molecule has 0 N–H and O–H groups in total. The third-order valence-corrected chi connectivity index (χ3v) is 9.59. The molecule has 5 rings (SSSR count). The lowest BCUT2D eigenvalue weighted by molar-refractivity contribution is 0.0569. The Hall–Kier alpha value is -1.85. The maximum Gasteiger partial charge on any atom is 0.264 e. The standard InChI is InChI=1S/C29H38O4S.C2H6/c1-4-21-17-26-23(18-27(21)32-19-20-8-6-5-7-9-20)11-10-22-16-24-12-13-28(33-34(3,30)31)29(24,2)15-14-25(22)26;1-2/h5-9,17-18,22,24-25,28H,4,10-16,19H2,1-3H3;1-2H3. The van der Waals surface area contributed by atoms with E-state index in [4.69, 9.17) is 8.92 Å². The van der Waals surface area contributed by atoms with E-state index in [0.717, 1.165) is 44.3 Å². The molecule has 36 heavy (non-hydrogen) atoms. The molecule has 4 nitrogen and oxygen atoms in total. The summed E-state index contributed by atoms with van der Waals surface area (Å²) in [5, 5.41) is 0. The van der Waals surface area contributed by atoms with Crippen LogP contribution in [0.4, 0.5) is 0 Å². The van der Waals surface area contributed by atoms with Crippen LogP contribution in [0, 0.1) is 17.3 Å². The zero-order valence-electron chi connectivity index (χ0n) is 22.8. The Bertz CT molecular complexity index is 1130. The molecule has 0 heterocycles. The van der Waals surface area contributed by atoms with E-state index >= 15 is 0 Å². The molecule has 0 aliphatic heterocycles. The highest BCUT2D eigenvalue weighted by molar-refractivity contribution is 7.86. The summed E-state index contributed by atoms with van der Waals surface area (Å²) in [6.07, 6.45) is 9.59. The van der Waals surface area contributed by atoms with Gasteiger partial charge in [0.2, 0.25) is 0 Å². The third-order valence-electron chi connectivity index (χ3n) is 9.01. The Morgan fingerprint density at radius 2 is 1.78 bits per heavy atom. The minimum absolute atomic E-state index is 0.0487. The number of rotatable bonds is 6. The first kappa shape index (κ1) is 27.2. The van der Waals surface area contributed by atoms with Gasteiger partial charge in [-0.3, -0.25) is 4.18 Å². The summed E-state index contributed by atoms with van der Waals surface area (Å²) in [5.74, 6) is 2.81. The second kappa shape index (κ2) is 11.3. The fraction of sp³-hybridized carbons (Fsp3) is 0.613. The summed E-state index contributed by atoms with van der Waals surface area (Å²) < 4.78 is 35.8. The van der Waals surface area contributed by atoms with E-state index in [1.165, 1.54) is 41.4 Å². The highest BCUT2D eigenvalue weighted by Gasteiger charge is 2.52. The molecule has 5 unspecified atom stereocenters. The normalized spacial score (nSPS) is 29.1. The van der Waals surface area contributed by atoms with Crippen molar-refractivity contribution >= 4 is 10.1 Å². The van der Waals surface area contributed by atoms with Gasteiger partial charge in [0.15, 0.2) is 0 Å². The molecule has 2 aromatic rings. The van der Waals surface area contributed by atoms with Crippen LogP contribution in [0.1, 0.15) is 94.4 Å². The first-order chi connectivity index (χ1) is 17.3. The van der Waals surface area contributed by atoms with Gasteiger partial charge >= 0.3 is 0 Å². The first-order valence-corrected chi connectivity index (χ1v) is 15.8. The van der Waals surface area contributed by atoms with Crippen molar-refractivity contribution in [2.24, 2.45) is 17.3 Å². The summed E-state index contributed by atoms with van der Waals surface area (Å²) in [6.45, 7) is 9.10. The fourth-order valence-electron chi connectivity index (χ4n) is 7.09. The van der Waals surface area contributed by atoms with E-state index in [-0.39, 0.29) is 11.5 Å². The van der Waals surface area contributed by atoms with Crippen molar-refractivity contribution in [1.29, 1.82) is 0 Å². The van der Waals surface area contributed by atoms with Gasteiger partial charge < -0.3 is 4.74 Å². The first-order valence-electron chi connectivity index (χ1n) is 14.0. The van der Waals surface area contributed by atoms with Crippen molar-refractivity contribution < 1.29 is 17.3 Å². The van der Waals surface area contributed by atoms with Crippen molar-refractivity contribution in [3.63, 3.8) is 0 Å². The van der Waals surface area contributed by atoms with Gasteiger partial charge in [-0.25, -0.2) is 0 Å². The van der Waals surface area contributed by atoms with Gasteiger partial charge in [0, 0.05) is 0 Å². The topological polar surface area (TPSA) is 52.6 Å². The Morgan fingerprint density at radius 3 is 2.47 bits per heavy atom. The molecule has 0 saturated heterocycles. The van der Waals surface area contributed by atoms with Crippen LogP contribution in [0.5, 0.6) is 5.75 Å². The second-order valence-electron chi connectivity index (χ2n) is 11.0. The van der Waals surface area contributed by atoms with E-state index in [0.29, 0.717) is 24.4 Å². The van der Waals surface area contributed by atoms with Gasteiger partial charge in [-0.15, -0.1) is 0 Å². The molecule has 5 atom stereocenters. The van der Waals surface area contributed by atoms with Gasteiger partial charge in [-0.05, 0) is 103 Å². The number of ether oxygens (including phenoxy) is 1. The minimum Gasteiger partial charge on any atom is -0.489 e. The number of hydrogen-bond donors (Lipinski definition) is 0. The molecule has 0 spiro atoms. The van der Waals surface area contributed by atoms with E-state index < -0.39 is 10.1 Å². The molecule has 0 amide bonds. The quantitative estimate of drug-likeness (QED) is 0.377. The average Bonchev–Trinajstić information content (AvgIpc) is 3.07. The number of benzene rings is 2. The van der Waals surface area contributed by atoms with Crippen molar-refractivity contribution in [2.75, 3.05) is 6.26 Å². The number of fused-ring (bicyclic) bond motifs is 4. The molecule has 3 aliphatic carbocycles. The summed E-state index contributed by atoms with van der Waals surface area (Å²) in [4.78, 5) is 0. The minimum atomic E-state index is -3.44. The predicted octanol–water partition coefficient (Wildman–Crippen LogP) is 7.45. The van der Waals surface area contributed by atoms with Gasteiger partial charge in [-0.2, -0.15) is 8.42 Å². The van der Waals surface area contributed by atoms with Crippen LogP contribution in [0.15, 0.2) is 42.5 Å². The summed E-state index contributed by atoms with van der Waals surface area (Å²) in [6, 6.07) is 15.1. The molecule has 0 radical (unpaired) electrons. The van der Waals surface area contributed by atoms with Crippen molar-refractivity contribution in [3.8, 4) is 5.75 Å². The predicted molar refractivity (Wildman–Crippen MR) is 147 cm³/mol. The zero-order valence-corrected chi connectivity index (χ0v) is 23.6. The lowest BCUT2D eigenvalue weighted by Crippen LogP contribution is -2.35. The van der Waals surface area contributed by atoms with Crippen molar-refractivity contribution in [1.82, 2.24) is 0 Å². The lowest BCUT2D eigenvalue weighted by atomic mass is 9.71. The van der Waals surface area contributed by atoms with Crippen LogP contribution in [-0.4, -0.2) is 20.8 Å². The van der Waals surface area contributed by atoms with E-state index in [1.807, 2.05) is 19.9 Å². The summed E-state index contributed by atoms with van der Waals surface area (Å²) in [5.41, 5.74) is 5.40. The fourth-order valence-corrected chi connectivity index (χ4v) is 7.83. The number of hydrogen-bond acceptors (Lipinski definition) is 4. The number of aryl methyl sites for hydroxylation is 2. The lowest BCUT2D eigenvalue weighted by Gasteiger charge is -2.35. The SMILES string of the molecule is CC.CCc1cc2c(cc1OCc1ccccc1)CCC1CC3CCC(OS(C)(=O)=O)C3(C)CCC21. The molecule has 0 aromatic heterocycles. The van der Waals surface area contributed by atoms with Crippen molar-refractivity contribution in [2.45, 2.75) is 97.7 Å². The molecular formula is C31H44O4S. The van der Waals surface area contributed by atoms with Gasteiger partial charge in [0.1, 0.15) is 12.4 Å². The van der Waals surface area contributed by atoms with E-state index in [2.05, 4.69) is 50.2 Å². The van der Waals surface area contributed by atoms with Crippen LogP contribution in [-0.2, 0) is 33.7 Å². The summed E-state index contributed by atoms with van der Waals surface area (Å²) >= 11 is 0. The largest absolute Gasteiger partial charge is 0.489 e. The average molecular weight is 513 g/mol. The molecule has 198 valence electrons. The summed E-state index contributed by atoms with van der Waals surface area (Å²) in [7, 11) is -3.44. The molecular weight excluding hydrogens is 468 g/mol. The van der Waals surface area contributed by atoms with E-state index in [9.17, 15) is 8.42 Å². The highest BCUT2D eigenvalue weighted by Crippen LogP contribution is 2.58. The highest BCUT2D eigenvalue weighted by atomic mass is 32.2. The molecule has 2 fully saturated rings. The Balaban J connectivity index is 0.00000148. The van der Waals surface area contributed by atoms with Gasteiger partial charge in [0.25, 0.3) is 10.1 Å².